The maximum atomic E-state index is 13.3. The lowest BCUT2D eigenvalue weighted by Gasteiger charge is -2.23. The van der Waals surface area contributed by atoms with Crippen LogP contribution in [0, 0.1) is 0 Å². The molecule has 0 radical (unpaired) electrons. The van der Waals surface area contributed by atoms with Crippen LogP contribution in [0.2, 0.25) is 10.0 Å². The molecule has 156 valence electrons. The van der Waals surface area contributed by atoms with Crippen molar-refractivity contribution < 1.29 is 17.9 Å². The second-order valence-corrected chi connectivity index (χ2v) is 8.99. The SMILES string of the molecule is CCc1ccc(N(C(=O)COc2cc(Cl)ccc2Cl)S(=O)(=O)c2ccccc2)cc1. The number of amides is 1. The van der Waals surface area contributed by atoms with Crippen molar-refractivity contribution in [1.29, 1.82) is 0 Å². The topological polar surface area (TPSA) is 63.7 Å². The molecule has 1 amide bonds. The normalized spacial score (nSPS) is 11.2. The Morgan fingerprint density at radius 1 is 0.967 bits per heavy atom. The highest BCUT2D eigenvalue weighted by molar-refractivity contribution is 7.93. The van der Waals surface area contributed by atoms with Crippen LogP contribution in [0.3, 0.4) is 0 Å². The van der Waals surface area contributed by atoms with Crippen molar-refractivity contribution in [3.63, 3.8) is 0 Å². The average Bonchev–Trinajstić information content (AvgIpc) is 2.75. The van der Waals surface area contributed by atoms with Gasteiger partial charge in [0.2, 0.25) is 0 Å². The Balaban J connectivity index is 1.96. The van der Waals surface area contributed by atoms with Crippen LogP contribution in [0.15, 0.2) is 77.7 Å². The van der Waals surface area contributed by atoms with Crippen LogP contribution in [-0.2, 0) is 21.2 Å². The van der Waals surface area contributed by atoms with Crippen molar-refractivity contribution >= 4 is 44.8 Å². The minimum Gasteiger partial charge on any atom is -0.482 e. The average molecular weight is 464 g/mol. The number of hydrogen-bond acceptors (Lipinski definition) is 4. The molecule has 3 aromatic carbocycles. The lowest BCUT2D eigenvalue weighted by Crippen LogP contribution is -2.40. The summed E-state index contributed by atoms with van der Waals surface area (Å²) in [7, 11) is -4.15. The Labute approximate surface area is 185 Å². The van der Waals surface area contributed by atoms with Gasteiger partial charge < -0.3 is 4.74 Å². The molecule has 0 spiro atoms. The van der Waals surface area contributed by atoms with Gasteiger partial charge in [0.1, 0.15) is 5.75 Å². The van der Waals surface area contributed by atoms with Crippen molar-refractivity contribution in [3.05, 3.63) is 88.4 Å². The molecule has 5 nitrogen and oxygen atoms in total. The summed E-state index contributed by atoms with van der Waals surface area (Å²) in [6.07, 6.45) is 0.788. The van der Waals surface area contributed by atoms with E-state index in [2.05, 4.69) is 0 Å². The monoisotopic (exact) mass is 463 g/mol. The number of nitrogens with zero attached hydrogens (tertiary/aromatic N) is 1. The third-order valence-corrected chi connectivity index (χ3v) is 6.64. The quantitative estimate of drug-likeness (QED) is 0.473. The maximum Gasteiger partial charge on any atom is 0.278 e. The molecule has 0 N–H and O–H groups in total. The molecule has 0 heterocycles. The van der Waals surface area contributed by atoms with Crippen LogP contribution in [0.1, 0.15) is 12.5 Å². The first-order chi connectivity index (χ1) is 14.3. The number of rotatable bonds is 7. The summed E-state index contributed by atoms with van der Waals surface area (Å²) in [5, 5.41) is 0.641. The standard InChI is InChI=1S/C22H19Cl2NO4S/c1-2-16-8-11-18(12-9-16)25(30(27,28)19-6-4-3-5-7-19)22(26)15-29-21-14-17(23)10-13-20(21)24/h3-14H,2,15H2,1H3. The molecule has 0 aromatic heterocycles. The second-order valence-electron chi connectivity index (χ2n) is 6.36. The first-order valence-electron chi connectivity index (χ1n) is 9.13. The predicted octanol–water partition coefficient (Wildman–Crippen LogP) is 5.36. The predicted molar refractivity (Wildman–Crippen MR) is 119 cm³/mol. The summed E-state index contributed by atoms with van der Waals surface area (Å²) < 4.78 is 32.8. The van der Waals surface area contributed by atoms with E-state index >= 15 is 0 Å². The molecule has 0 fully saturated rings. The van der Waals surface area contributed by atoms with E-state index in [1.165, 1.54) is 24.3 Å². The number of halogens is 2. The highest BCUT2D eigenvalue weighted by Gasteiger charge is 2.31. The molecule has 0 aliphatic carbocycles. The number of hydrogen-bond donors (Lipinski definition) is 0. The zero-order valence-corrected chi connectivity index (χ0v) is 18.4. The second kappa shape index (κ2) is 9.51. The summed E-state index contributed by atoms with van der Waals surface area (Å²) in [6, 6.07) is 19.1. The van der Waals surface area contributed by atoms with Crippen LogP contribution in [0.5, 0.6) is 5.75 Å². The van der Waals surface area contributed by atoms with Crippen LogP contribution in [-0.4, -0.2) is 20.9 Å². The van der Waals surface area contributed by atoms with Gasteiger partial charge in [-0.05, 0) is 48.4 Å². The van der Waals surface area contributed by atoms with Crippen LogP contribution in [0.4, 0.5) is 5.69 Å². The highest BCUT2D eigenvalue weighted by Crippen LogP contribution is 2.29. The van der Waals surface area contributed by atoms with E-state index in [9.17, 15) is 13.2 Å². The van der Waals surface area contributed by atoms with Gasteiger partial charge in [0.15, 0.2) is 6.61 Å². The van der Waals surface area contributed by atoms with E-state index in [1.54, 1.807) is 48.5 Å². The summed E-state index contributed by atoms with van der Waals surface area (Å²) in [6.45, 7) is 1.45. The third kappa shape index (κ3) is 4.95. The minimum atomic E-state index is -4.15. The van der Waals surface area contributed by atoms with E-state index < -0.39 is 22.5 Å². The van der Waals surface area contributed by atoms with Crippen molar-refractivity contribution in [1.82, 2.24) is 0 Å². The Morgan fingerprint density at radius 2 is 1.63 bits per heavy atom. The number of aryl methyl sites for hydroxylation is 1. The molecule has 3 aromatic rings. The molecule has 0 saturated heterocycles. The van der Waals surface area contributed by atoms with Gasteiger partial charge in [-0.25, -0.2) is 8.42 Å². The van der Waals surface area contributed by atoms with Crippen molar-refractivity contribution in [2.24, 2.45) is 0 Å². The lowest BCUT2D eigenvalue weighted by atomic mass is 10.1. The fourth-order valence-corrected chi connectivity index (χ4v) is 4.53. The van der Waals surface area contributed by atoms with Gasteiger partial charge in [-0.15, -0.1) is 0 Å². The summed E-state index contributed by atoms with van der Waals surface area (Å²) >= 11 is 12.0. The molecule has 0 aliphatic heterocycles. The first-order valence-corrected chi connectivity index (χ1v) is 11.3. The van der Waals surface area contributed by atoms with Gasteiger partial charge in [-0.1, -0.05) is 60.5 Å². The highest BCUT2D eigenvalue weighted by atomic mass is 35.5. The first kappa shape index (κ1) is 22.2. The molecule has 0 bridgehead atoms. The summed E-state index contributed by atoms with van der Waals surface area (Å²) in [5.74, 6) is -0.574. The Kier molecular flexibility index (Phi) is 7.02. The molecule has 3 rings (SSSR count). The van der Waals surface area contributed by atoms with Crippen LogP contribution >= 0.6 is 23.2 Å². The number of benzene rings is 3. The number of anilines is 1. The lowest BCUT2D eigenvalue weighted by molar-refractivity contribution is -0.119. The number of carbonyl (C=O) groups excluding carboxylic acids is 1. The molecular weight excluding hydrogens is 445 g/mol. The smallest absolute Gasteiger partial charge is 0.278 e. The van der Waals surface area contributed by atoms with E-state index in [0.717, 1.165) is 16.3 Å². The molecule has 0 aliphatic rings. The van der Waals surface area contributed by atoms with Crippen LogP contribution in [0.25, 0.3) is 0 Å². The minimum absolute atomic E-state index is 0.00120. The molecule has 0 saturated carbocycles. The molecule has 8 heteroatoms. The molecule has 0 atom stereocenters. The molecular formula is C22H19Cl2NO4S. The zero-order valence-electron chi connectivity index (χ0n) is 16.1. The molecule has 30 heavy (non-hydrogen) atoms. The number of ether oxygens (including phenoxy) is 1. The number of sulfonamides is 1. The van der Waals surface area contributed by atoms with Gasteiger partial charge in [0.25, 0.3) is 15.9 Å². The molecule has 0 unspecified atom stereocenters. The van der Waals surface area contributed by atoms with Gasteiger partial charge in [-0.2, -0.15) is 4.31 Å². The fraction of sp³-hybridized carbons (Fsp3) is 0.136. The van der Waals surface area contributed by atoms with Gasteiger partial charge in [0, 0.05) is 11.1 Å². The van der Waals surface area contributed by atoms with E-state index in [4.69, 9.17) is 27.9 Å². The van der Waals surface area contributed by atoms with Gasteiger partial charge in [0.05, 0.1) is 15.6 Å². The Bertz CT molecular complexity index is 1130. The van der Waals surface area contributed by atoms with Gasteiger partial charge >= 0.3 is 0 Å². The Hall–Kier alpha value is -2.54. The fourth-order valence-electron chi connectivity index (χ4n) is 2.77. The van der Waals surface area contributed by atoms with E-state index in [-0.39, 0.29) is 21.4 Å². The third-order valence-electron chi connectivity index (χ3n) is 4.33. The van der Waals surface area contributed by atoms with Crippen LogP contribution < -0.4 is 9.04 Å². The summed E-state index contributed by atoms with van der Waals surface area (Å²) in [5.41, 5.74) is 1.24. The summed E-state index contributed by atoms with van der Waals surface area (Å²) in [4.78, 5) is 13.0. The van der Waals surface area contributed by atoms with E-state index in [1.807, 2.05) is 6.92 Å². The van der Waals surface area contributed by atoms with Crippen molar-refractivity contribution in [2.75, 3.05) is 10.9 Å². The van der Waals surface area contributed by atoms with Crippen molar-refractivity contribution in [3.8, 4) is 5.75 Å². The van der Waals surface area contributed by atoms with Crippen molar-refractivity contribution in [2.45, 2.75) is 18.2 Å². The zero-order chi connectivity index (χ0) is 21.7. The maximum absolute atomic E-state index is 13.3. The van der Waals surface area contributed by atoms with Gasteiger partial charge in [-0.3, -0.25) is 4.79 Å². The Morgan fingerprint density at radius 3 is 2.27 bits per heavy atom. The largest absolute Gasteiger partial charge is 0.482 e. The van der Waals surface area contributed by atoms with E-state index in [0.29, 0.717) is 5.02 Å². The number of carbonyl (C=O) groups is 1.